The standard InChI is InChI=1S/C23H23N3O5/c27-18-6-13-10-26(23(28)16-9-25-17-2-1-5-24-22(16)17)11-14(13)7-20(18)31-15-3-4-19-21(8-15)30-12-29-19/h1-5,8-9,13-14,18,20,25,27H,6-7,10-12H2/t13-,14+,18+,20+/m0/s1. The molecule has 4 heterocycles. The van der Waals surface area contributed by atoms with Crippen LogP contribution in [0.3, 0.4) is 0 Å². The molecule has 4 atom stereocenters. The fourth-order valence-corrected chi connectivity index (χ4v) is 5.10. The van der Waals surface area contributed by atoms with Gasteiger partial charge in [0, 0.05) is 31.5 Å². The fraction of sp³-hybridized carbons (Fsp3) is 0.391. The highest BCUT2D eigenvalue weighted by Crippen LogP contribution is 2.40. The molecule has 1 saturated carbocycles. The number of nitrogens with zero attached hydrogens (tertiary/aromatic N) is 2. The maximum Gasteiger partial charge on any atom is 0.257 e. The van der Waals surface area contributed by atoms with Gasteiger partial charge in [-0.25, -0.2) is 0 Å². The van der Waals surface area contributed by atoms with E-state index < -0.39 is 6.10 Å². The van der Waals surface area contributed by atoms with Crippen molar-refractivity contribution >= 4 is 16.9 Å². The maximum atomic E-state index is 13.2. The Hall–Kier alpha value is -3.26. The van der Waals surface area contributed by atoms with Gasteiger partial charge in [0.05, 0.1) is 17.2 Å². The summed E-state index contributed by atoms with van der Waals surface area (Å²) in [4.78, 5) is 22.6. The predicted octanol–water partition coefficient (Wildman–Crippen LogP) is 2.58. The molecule has 2 N–H and O–H groups in total. The monoisotopic (exact) mass is 421 g/mol. The van der Waals surface area contributed by atoms with Gasteiger partial charge in [0.2, 0.25) is 6.79 Å². The summed E-state index contributed by atoms with van der Waals surface area (Å²) in [7, 11) is 0. The average Bonchev–Trinajstić information content (AvgIpc) is 3.51. The van der Waals surface area contributed by atoms with E-state index in [-0.39, 0.29) is 24.7 Å². The van der Waals surface area contributed by atoms with Crippen LogP contribution in [0, 0.1) is 11.8 Å². The summed E-state index contributed by atoms with van der Waals surface area (Å²) in [5, 5.41) is 10.7. The van der Waals surface area contributed by atoms with E-state index >= 15 is 0 Å². The number of aromatic nitrogens is 2. The van der Waals surface area contributed by atoms with Crippen molar-refractivity contribution in [2.75, 3.05) is 19.9 Å². The lowest BCUT2D eigenvalue weighted by molar-refractivity contribution is -0.0232. The summed E-state index contributed by atoms with van der Waals surface area (Å²) >= 11 is 0. The SMILES string of the molecule is O=C(c1c[nH]c2cccnc12)N1C[C@H]2C[C@@H](Oc3ccc4c(c3)OCO4)[C@H](O)C[C@H]2C1. The van der Waals surface area contributed by atoms with Crippen molar-refractivity contribution in [1.82, 2.24) is 14.9 Å². The molecule has 1 aromatic carbocycles. The molecule has 6 rings (SSSR count). The van der Waals surface area contributed by atoms with Crippen LogP contribution in [0.5, 0.6) is 17.2 Å². The Kier molecular flexibility index (Phi) is 4.27. The molecule has 1 saturated heterocycles. The average molecular weight is 421 g/mol. The minimum atomic E-state index is -0.573. The molecule has 31 heavy (non-hydrogen) atoms. The first-order valence-electron chi connectivity index (χ1n) is 10.6. The molecule has 160 valence electrons. The predicted molar refractivity (Wildman–Crippen MR) is 111 cm³/mol. The highest BCUT2D eigenvalue weighted by molar-refractivity contribution is 6.05. The number of aliphatic hydroxyl groups is 1. The van der Waals surface area contributed by atoms with Gasteiger partial charge in [-0.15, -0.1) is 0 Å². The van der Waals surface area contributed by atoms with E-state index in [9.17, 15) is 9.90 Å². The first-order valence-corrected chi connectivity index (χ1v) is 10.6. The maximum absolute atomic E-state index is 13.2. The lowest BCUT2D eigenvalue weighted by Gasteiger charge is -2.35. The Labute approximate surface area is 178 Å². The van der Waals surface area contributed by atoms with Crippen LogP contribution in [0.2, 0.25) is 0 Å². The third-order valence-corrected chi connectivity index (χ3v) is 6.67. The molecule has 1 aliphatic carbocycles. The Balaban J connectivity index is 1.16. The van der Waals surface area contributed by atoms with Crippen molar-refractivity contribution in [3.63, 3.8) is 0 Å². The number of benzene rings is 1. The number of H-pyrrole nitrogens is 1. The number of hydrogen-bond acceptors (Lipinski definition) is 6. The van der Waals surface area contributed by atoms with E-state index in [1.165, 1.54) is 0 Å². The molecule has 2 fully saturated rings. The quantitative estimate of drug-likeness (QED) is 0.675. The molecule has 0 unspecified atom stereocenters. The van der Waals surface area contributed by atoms with E-state index in [1.807, 2.05) is 29.2 Å². The number of nitrogens with one attached hydrogen (secondary N) is 1. The van der Waals surface area contributed by atoms with Gasteiger partial charge in [0.15, 0.2) is 11.5 Å². The van der Waals surface area contributed by atoms with Crippen molar-refractivity contribution in [1.29, 1.82) is 0 Å². The second kappa shape index (κ2) is 7.16. The fourth-order valence-electron chi connectivity index (χ4n) is 5.10. The van der Waals surface area contributed by atoms with Crippen LogP contribution >= 0.6 is 0 Å². The number of carbonyl (C=O) groups is 1. The highest BCUT2D eigenvalue weighted by Gasteiger charge is 2.44. The zero-order valence-corrected chi connectivity index (χ0v) is 16.9. The normalized spacial score (nSPS) is 26.8. The Morgan fingerprint density at radius 2 is 2.00 bits per heavy atom. The summed E-state index contributed by atoms with van der Waals surface area (Å²) in [5.74, 6) is 2.57. The van der Waals surface area contributed by atoms with Gasteiger partial charge in [-0.1, -0.05) is 0 Å². The van der Waals surface area contributed by atoms with Crippen LogP contribution < -0.4 is 14.2 Å². The van der Waals surface area contributed by atoms with Crippen molar-refractivity contribution in [2.24, 2.45) is 11.8 Å². The molecule has 0 spiro atoms. The highest BCUT2D eigenvalue weighted by atomic mass is 16.7. The second-order valence-corrected chi connectivity index (χ2v) is 8.54. The van der Waals surface area contributed by atoms with Crippen molar-refractivity contribution in [2.45, 2.75) is 25.0 Å². The minimum absolute atomic E-state index is 0.0120. The summed E-state index contributed by atoms with van der Waals surface area (Å²) in [6, 6.07) is 9.22. The largest absolute Gasteiger partial charge is 0.488 e. The van der Waals surface area contributed by atoms with E-state index in [1.54, 1.807) is 18.5 Å². The number of ether oxygens (including phenoxy) is 3. The first kappa shape index (κ1) is 18.5. The molecular weight excluding hydrogens is 398 g/mol. The molecule has 2 aliphatic heterocycles. The topological polar surface area (TPSA) is 96.9 Å². The van der Waals surface area contributed by atoms with Crippen LogP contribution in [0.25, 0.3) is 11.0 Å². The van der Waals surface area contributed by atoms with Crippen LogP contribution in [0.1, 0.15) is 23.2 Å². The van der Waals surface area contributed by atoms with Gasteiger partial charge in [0.1, 0.15) is 17.4 Å². The van der Waals surface area contributed by atoms with Crippen molar-refractivity contribution in [3.8, 4) is 17.2 Å². The summed E-state index contributed by atoms with van der Waals surface area (Å²) in [6.07, 6.45) is 3.88. The Morgan fingerprint density at radius 1 is 1.16 bits per heavy atom. The number of aliphatic hydroxyl groups excluding tert-OH is 1. The van der Waals surface area contributed by atoms with E-state index in [2.05, 4.69) is 9.97 Å². The van der Waals surface area contributed by atoms with Gasteiger partial charge in [-0.05, 0) is 48.9 Å². The molecule has 8 nitrogen and oxygen atoms in total. The number of pyridine rings is 1. The number of hydrogen-bond donors (Lipinski definition) is 2. The molecule has 0 bridgehead atoms. The summed E-state index contributed by atoms with van der Waals surface area (Å²) in [5.41, 5.74) is 2.16. The number of likely N-dealkylation sites (tertiary alicyclic amines) is 1. The number of amides is 1. The van der Waals surface area contributed by atoms with Gasteiger partial charge < -0.3 is 29.2 Å². The third-order valence-electron chi connectivity index (χ3n) is 6.67. The smallest absolute Gasteiger partial charge is 0.257 e. The first-order chi connectivity index (χ1) is 15.2. The summed E-state index contributed by atoms with van der Waals surface area (Å²) < 4.78 is 16.9. The molecule has 3 aromatic rings. The second-order valence-electron chi connectivity index (χ2n) is 8.54. The zero-order chi connectivity index (χ0) is 20.9. The van der Waals surface area contributed by atoms with Crippen LogP contribution in [0.4, 0.5) is 0 Å². The van der Waals surface area contributed by atoms with Crippen LogP contribution in [0.15, 0.2) is 42.7 Å². The number of fused-ring (bicyclic) bond motifs is 3. The van der Waals surface area contributed by atoms with E-state index in [0.717, 1.165) is 5.52 Å². The van der Waals surface area contributed by atoms with E-state index in [0.29, 0.717) is 60.2 Å². The molecule has 8 heteroatoms. The van der Waals surface area contributed by atoms with Gasteiger partial charge in [0.25, 0.3) is 5.91 Å². The van der Waals surface area contributed by atoms with Gasteiger partial charge >= 0.3 is 0 Å². The zero-order valence-electron chi connectivity index (χ0n) is 16.9. The van der Waals surface area contributed by atoms with Crippen molar-refractivity contribution in [3.05, 3.63) is 48.3 Å². The number of aromatic amines is 1. The molecule has 0 radical (unpaired) electrons. The number of rotatable bonds is 3. The summed E-state index contributed by atoms with van der Waals surface area (Å²) in [6.45, 7) is 1.53. The van der Waals surface area contributed by atoms with Gasteiger partial charge in [-0.2, -0.15) is 0 Å². The molecule has 1 amide bonds. The molecule has 2 aromatic heterocycles. The number of carbonyl (C=O) groups excluding carboxylic acids is 1. The Bertz CT molecular complexity index is 1150. The molecular formula is C23H23N3O5. The van der Waals surface area contributed by atoms with Crippen molar-refractivity contribution < 1.29 is 24.1 Å². The van der Waals surface area contributed by atoms with Crippen LogP contribution in [-0.4, -0.2) is 58.0 Å². The van der Waals surface area contributed by atoms with Gasteiger partial charge in [-0.3, -0.25) is 9.78 Å². The molecule has 3 aliphatic rings. The Morgan fingerprint density at radius 3 is 2.90 bits per heavy atom. The lowest BCUT2D eigenvalue weighted by Crippen LogP contribution is -2.42. The van der Waals surface area contributed by atoms with Crippen LogP contribution in [-0.2, 0) is 0 Å². The lowest BCUT2D eigenvalue weighted by atomic mass is 9.78. The minimum Gasteiger partial charge on any atom is -0.488 e. The third kappa shape index (κ3) is 3.18. The van der Waals surface area contributed by atoms with E-state index in [4.69, 9.17) is 14.2 Å².